The van der Waals surface area contributed by atoms with E-state index in [9.17, 15) is 9.59 Å². The van der Waals surface area contributed by atoms with E-state index in [4.69, 9.17) is 5.11 Å². The maximum absolute atomic E-state index is 12.1. The molecule has 1 aromatic carbocycles. The molecule has 0 saturated heterocycles. The second kappa shape index (κ2) is 7.09. The van der Waals surface area contributed by atoms with E-state index in [1.165, 1.54) is 0 Å². The van der Waals surface area contributed by atoms with Crippen molar-refractivity contribution in [1.29, 1.82) is 0 Å². The number of halogens is 1. The van der Waals surface area contributed by atoms with Crippen molar-refractivity contribution >= 4 is 27.8 Å². The van der Waals surface area contributed by atoms with Gasteiger partial charge in [0.25, 0.3) is 5.91 Å². The molecule has 0 radical (unpaired) electrons. The number of aliphatic carboxylic acids is 1. The van der Waals surface area contributed by atoms with Gasteiger partial charge in [0.2, 0.25) is 0 Å². The van der Waals surface area contributed by atoms with Crippen LogP contribution in [0, 0.1) is 6.92 Å². The Labute approximate surface area is 120 Å². The molecule has 1 rings (SSSR count). The van der Waals surface area contributed by atoms with Gasteiger partial charge in [0.1, 0.15) is 6.04 Å². The predicted molar refractivity (Wildman–Crippen MR) is 77.2 cm³/mol. The highest BCUT2D eigenvalue weighted by atomic mass is 79.9. The highest BCUT2D eigenvalue weighted by Crippen LogP contribution is 2.19. The fourth-order valence-corrected chi connectivity index (χ4v) is 1.95. The van der Waals surface area contributed by atoms with Gasteiger partial charge in [0.15, 0.2) is 0 Å². The van der Waals surface area contributed by atoms with Crippen molar-refractivity contribution in [3.05, 3.63) is 46.0 Å². The van der Waals surface area contributed by atoms with Crippen molar-refractivity contribution in [2.75, 3.05) is 0 Å². The number of rotatable bonds is 5. The lowest BCUT2D eigenvalue weighted by atomic mass is 10.1. The van der Waals surface area contributed by atoms with E-state index >= 15 is 0 Å². The molecular weight excluding hydrogens is 310 g/mol. The molecule has 0 aliphatic rings. The van der Waals surface area contributed by atoms with E-state index in [0.717, 1.165) is 10.0 Å². The molecule has 0 aliphatic heterocycles. The molecule has 0 aliphatic carbocycles. The second-order valence-electron chi connectivity index (χ2n) is 4.08. The van der Waals surface area contributed by atoms with Gasteiger partial charge in [0, 0.05) is 10.0 Å². The smallest absolute Gasteiger partial charge is 0.326 e. The van der Waals surface area contributed by atoms with Gasteiger partial charge in [-0.3, -0.25) is 4.79 Å². The summed E-state index contributed by atoms with van der Waals surface area (Å²) in [6.45, 7) is 3.61. The van der Waals surface area contributed by atoms with Gasteiger partial charge in [-0.25, -0.2) is 4.79 Å². The summed E-state index contributed by atoms with van der Waals surface area (Å²) in [7, 11) is 0. The third-order valence-electron chi connectivity index (χ3n) is 2.72. The zero-order valence-corrected chi connectivity index (χ0v) is 12.4. The van der Waals surface area contributed by atoms with E-state index in [0.29, 0.717) is 5.56 Å². The minimum atomic E-state index is -1.04. The Hall–Kier alpha value is -1.62. The first-order chi connectivity index (χ1) is 8.97. The number of carbonyl (C=O) groups excluding carboxylic acids is 1. The molecule has 2 N–H and O–H groups in total. The summed E-state index contributed by atoms with van der Waals surface area (Å²) in [5.41, 5.74) is 1.26. The highest BCUT2D eigenvalue weighted by Gasteiger charge is 2.20. The molecule has 0 fully saturated rings. The quantitative estimate of drug-likeness (QED) is 0.818. The lowest BCUT2D eigenvalue weighted by Gasteiger charge is -2.14. The number of benzene rings is 1. The van der Waals surface area contributed by atoms with Crippen LogP contribution in [0.15, 0.2) is 34.8 Å². The fraction of sp³-hybridized carbons (Fsp3) is 0.286. The number of allylic oxidation sites excluding steroid dienone is 1. The van der Waals surface area contributed by atoms with Crippen LogP contribution in [0.3, 0.4) is 0 Å². The number of amides is 1. The van der Waals surface area contributed by atoms with Crippen molar-refractivity contribution in [3.8, 4) is 0 Å². The Morgan fingerprint density at radius 3 is 2.74 bits per heavy atom. The average molecular weight is 326 g/mol. The zero-order chi connectivity index (χ0) is 14.4. The number of hydrogen-bond donors (Lipinski definition) is 2. The Kier molecular flexibility index (Phi) is 5.76. The minimum absolute atomic E-state index is 0.268. The van der Waals surface area contributed by atoms with E-state index in [1.54, 1.807) is 38.1 Å². The molecule has 1 unspecified atom stereocenters. The number of carboxylic acid groups (broad SMARTS) is 1. The Morgan fingerprint density at radius 1 is 1.47 bits per heavy atom. The summed E-state index contributed by atoms with van der Waals surface area (Å²) in [4.78, 5) is 23.1. The molecule has 0 heterocycles. The maximum Gasteiger partial charge on any atom is 0.326 e. The SMILES string of the molecule is C/C=C/CC(NC(=O)c1cccc(Br)c1C)C(=O)O. The summed E-state index contributed by atoms with van der Waals surface area (Å²) in [5, 5.41) is 11.6. The third kappa shape index (κ3) is 4.21. The molecule has 19 heavy (non-hydrogen) atoms. The molecule has 1 amide bonds. The Bertz CT molecular complexity index is 511. The highest BCUT2D eigenvalue weighted by molar-refractivity contribution is 9.10. The topological polar surface area (TPSA) is 66.4 Å². The van der Waals surface area contributed by atoms with E-state index in [2.05, 4.69) is 21.2 Å². The van der Waals surface area contributed by atoms with Crippen LogP contribution in [0.25, 0.3) is 0 Å². The number of hydrogen-bond acceptors (Lipinski definition) is 2. The first-order valence-electron chi connectivity index (χ1n) is 5.87. The van der Waals surface area contributed by atoms with Crippen LogP contribution in [0.4, 0.5) is 0 Å². The first-order valence-corrected chi connectivity index (χ1v) is 6.66. The molecule has 4 nitrogen and oxygen atoms in total. The first kappa shape index (κ1) is 15.4. The van der Waals surface area contributed by atoms with Crippen LogP contribution < -0.4 is 5.32 Å². The number of nitrogens with one attached hydrogen (secondary N) is 1. The summed E-state index contributed by atoms with van der Waals surface area (Å²) in [6, 6.07) is 4.33. The second-order valence-corrected chi connectivity index (χ2v) is 4.94. The molecular formula is C14H16BrNO3. The van der Waals surface area contributed by atoms with Crippen LogP contribution in [0.1, 0.15) is 29.3 Å². The van der Waals surface area contributed by atoms with Crippen molar-refractivity contribution < 1.29 is 14.7 Å². The van der Waals surface area contributed by atoms with Gasteiger partial charge in [-0.05, 0) is 38.0 Å². The van der Waals surface area contributed by atoms with Crippen molar-refractivity contribution in [2.24, 2.45) is 0 Å². The molecule has 1 aromatic rings. The van der Waals surface area contributed by atoms with Crippen LogP contribution in [-0.2, 0) is 4.79 Å². The monoisotopic (exact) mass is 325 g/mol. The molecule has 0 bridgehead atoms. The van der Waals surface area contributed by atoms with Gasteiger partial charge in [-0.15, -0.1) is 0 Å². The lowest BCUT2D eigenvalue weighted by molar-refractivity contribution is -0.139. The van der Waals surface area contributed by atoms with Crippen molar-refractivity contribution in [1.82, 2.24) is 5.32 Å². The van der Waals surface area contributed by atoms with Crippen LogP contribution in [0.5, 0.6) is 0 Å². The van der Waals surface area contributed by atoms with Crippen molar-refractivity contribution in [3.63, 3.8) is 0 Å². The molecule has 0 aromatic heterocycles. The molecule has 0 spiro atoms. The van der Waals surface area contributed by atoms with Gasteiger partial charge < -0.3 is 10.4 Å². The van der Waals surface area contributed by atoms with Crippen LogP contribution in [-0.4, -0.2) is 23.0 Å². The number of carbonyl (C=O) groups is 2. The normalized spacial score (nSPS) is 12.4. The minimum Gasteiger partial charge on any atom is -0.480 e. The zero-order valence-electron chi connectivity index (χ0n) is 10.8. The summed E-state index contributed by atoms with van der Waals surface area (Å²) in [5.74, 6) is -1.42. The largest absolute Gasteiger partial charge is 0.480 e. The van der Waals surface area contributed by atoms with Gasteiger partial charge >= 0.3 is 5.97 Å². The fourth-order valence-electron chi connectivity index (χ4n) is 1.58. The van der Waals surface area contributed by atoms with Crippen molar-refractivity contribution in [2.45, 2.75) is 26.3 Å². The summed E-state index contributed by atoms with van der Waals surface area (Å²) < 4.78 is 0.820. The van der Waals surface area contributed by atoms with E-state index < -0.39 is 12.0 Å². The summed E-state index contributed by atoms with van der Waals surface area (Å²) in [6.07, 6.45) is 3.74. The molecule has 1 atom stereocenters. The molecule has 102 valence electrons. The van der Waals surface area contributed by atoms with E-state index in [1.807, 2.05) is 6.07 Å². The standard InChI is InChI=1S/C14H16BrNO3/c1-3-4-8-12(14(18)19)16-13(17)10-6-5-7-11(15)9(10)2/h3-7,12H,8H2,1-2H3,(H,16,17)(H,18,19)/b4-3+. The van der Waals surface area contributed by atoms with Gasteiger partial charge in [-0.1, -0.05) is 34.1 Å². The maximum atomic E-state index is 12.1. The Morgan fingerprint density at radius 2 is 2.16 bits per heavy atom. The molecule has 0 saturated carbocycles. The van der Waals surface area contributed by atoms with Crippen LogP contribution >= 0.6 is 15.9 Å². The van der Waals surface area contributed by atoms with Gasteiger partial charge in [-0.2, -0.15) is 0 Å². The third-order valence-corrected chi connectivity index (χ3v) is 3.58. The predicted octanol–water partition coefficient (Wildman–Crippen LogP) is 2.91. The Balaban J connectivity index is 2.88. The average Bonchev–Trinajstić information content (AvgIpc) is 2.37. The number of carboxylic acids is 1. The lowest BCUT2D eigenvalue weighted by Crippen LogP contribution is -2.40. The van der Waals surface area contributed by atoms with E-state index in [-0.39, 0.29) is 12.3 Å². The summed E-state index contributed by atoms with van der Waals surface area (Å²) >= 11 is 3.34. The van der Waals surface area contributed by atoms with Gasteiger partial charge in [0.05, 0.1) is 0 Å². The molecule has 5 heteroatoms. The van der Waals surface area contributed by atoms with Crippen LogP contribution in [0.2, 0.25) is 0 Å².